The van der Waals surface area contributed by atoms with Crippen LogP contribution in [0, 0.1) is 0 Å². The molecule has 0 heterocycles. The van der Waals surface area contributed by atoms with Gasteiger partial charge in [0, 0.05) is 5.56 Å². The molecule has 0 bridgehead atoms. The highest BCUT2D eigenvalue weighted by Crippen LogP contribution is 2.26. The summed E-state index contributed by atoms with van der Waals surface area (Å²) in [6.07, 6.45) is 0. The van der Waals surface area contributed by atoms with E-state index in [1.54, 1.807) is 0 Å². The summed E-state index contributed by atoms with van der Waals surface area (Å²) in [6.45, 7) is -0.579. The number of halogens is 1. The predicted octanol–water partition coefficient (Wildman–Crippen LogP) is 2.04. The Labute approximate surface area is 160 Å². The molecule has 0 amide bonds. The van der Waals surface area contributed by atoms with E-state index in [9.17, 15) is 18.0 Å². The molecule has 0 unspecified atom stereocenters. The molecule has 0 aliphatic rings. The highest BCUT2D eigenvalue weighted by Gasteiger charge is 2.20. The first-order valence-corrected chi connectivity index (χ1v) is 9.34. The van der Waals surface area contributed by atoms with Gasteiger partial charge in [0.05, 0.1) is 24.1 Å². The highest BCUT2D eigenvalue weighted by molar-refractivity contribution is 7.89. The van der Waals surface area contributed by atoms with Crippen molar-refractivity contribution in [3.63, 3.8) is 0 Å². The zero-order chi connectivity index (χ0) is 20.2. The van der Waals surface area contributed by atoms with Gasteiger partial charge >= 0.3 is 5.97 Å². The molecular formula is C17H16ClNO7S. The van der Waals surface area contributed by atoms with Crippen LogP contribution in [0.3, 0.4) is 0 Å². The average Bonchev–Trinajstić information content (AvgIpc) is 2.64. The Bertz CT molecular complexity index is 989. The summed E-state index contributed by atoms with van der Waals surface area (Å²) < 4.78 is 37.9. The van der Waals surface area contributed by atoms with E-state index in [0.717, 1.165) is 6.07 Å². The molecule has 2 rings (SSSR count). The molecule has 0 atom stereocenters. The number of hydrogen-bond donors (Lipinski definition) is 1. The second-order valence-electron chi connectivity index (χ2n) is 5.26. The number of ether oxygens (including phenoxy) is 3. The van der Waals surface area contributed by atoms with Gasteiger partial charge in [-0.05, 0) is 36.4 Å². The van der Waals surface area contributed by atoms with Crippen LogP contribution in [0.4, 0.5) is 0 Å². The number of hydrogen-bond acceptors (Lipinski definition) is 7. The maximum absolute atomic E-state index is 12.3. The first-order valence-electron chi connectivity index (χ1n) is 7.42. The third-order valence-electron chi connectivity index (χ3n) is 3.53. The Morgan fingerprint density at radius 3 is 2.22 bits per heavy atom. The van der Waals surface area contributed by atoms with Crippen LogP contribution >= 0.6 is 11.6 Å². The number of rotatable bonds is 7. The van der Waals surface area contributed by atoms with Crippen molar-refractivity contribution in [1.82, 2.24) is 0 Å². The van der Waals surface area contributed by atoms with Gasteiger partial charge in [-0.1, -0.05) is 11.6 Å². The van der Waals surface area contributed by atoms with Crippen molar-refractivity contribution in [2.24, 2.45) is 5.14 Å². The molecule has 0 radical (unpaired) electrons. The molecule has 0 saturated carbocycles. The summed E-state index contributed by atoms with van der Waals surface area (Å²) in [6, 6.07) is 7.85. The van der Waals surface area contributed by atoms with Crippen molar-refractivity contribution >= 4 is 33.4 Å². The number of sulfonamides is 1. The molecule has 2 aromatic carbocycles. The van der Waals surface area contributed by atoms with Crippen LogP contribution in [-0.4, -0.2) is 41.0 Å². The molecule has 10 heteroatoms. The molecule has 27 heavy (non-hydrogen) atoms. The van der Waals surface area contributed by atoms with Gasteiger partial charge in [0.15, 0.2) is 12.4 Å². The lowest BCUT2D eigenvalue weighted by atomic mass is 10.1. The zero-order valence-electron chi connectivity index (χ0n) is 14.4. The van der Waals surface area contributed by atoms with Crippen molar-refractivity contribution in [1.29, 1.82) is 0 Å². The van der Waals surface area contributed by atoms with Crippen molar-refractivity contribution in [2.45, 2.75) is 4.90 Å². The summed E-state index contributed by atoms with van der Waals surface area (Å²) in [5, 5.41) is 5.29. The van der Waals surface area contributed by atoms with Gasteiger partial charge in [0.2, 0.25) is 10.0 Å². The molecule has 2 aromatic rings. The number of Topliss-reactive ketones (excluding diaryl/α,β-unsaturated/α-hetero) is 1. The van der Waals surface area contributed by atoms with Gasteiger partial charge in [-0.2, -0.15) is 0 Å². The van der Waals surface area contributed by atoms with Crippen molar-refractivity contribution < 1.29 is 32.2 Å². The Balaban J connectivity index is 2.17. The van der Waals surface area contributed by atoms with Crippen LogP contribution in [0.1, 0.15) is 20.7 Å². The second kappa shape index (κ2) is 8.38. The summed E-state index contributed by atoms with van der Waals surface area (Å²) >= 11 is 5.96. The van der Waals surface area contributed by atoms with E-state index in [2.05, 4.69) is 0 Å². The lowest BCUT2D eigenvalue weighted by Crippen LogP contribution is -2.17. The van der Waals surface area contributed by atoms with E-state index in [-0.39, 0.29) is 26.8 Å². The quantitative estimate of drug-likeness (QED) is 0.544. The van der Waals surface area contributed by atoms with Gasteiger partial charge in [-0.3, -0.25) is 4.79 Å². The average molecular weight is 414 g/mol. The minimum absolute atomic E-state index is 0.0762. The fourth-order valence-electron chi connectivity index (χ4n) is 2.16. The molecule has 0 aliphatic carbocycles. The predicted molar refractivity (Wildman–Crippen MR) is 97.0 cm³/mol. The maximum atomic E-state index is 12.3. The summed E-state index contributed by atoms with van der Waals surface area (Å²) in [4.78, 5) is 24.2. The van der Waals surface area contributed by atoms with Gasteiger partial charge in [0.1, 0.15) is 17.1 Å². The van der Waals surface area contributed by atoms with Gasteiger partial charge in [-0.15, -0.1) is 0 Å². The van der Waals surface area contributed by atoms with E-state index in [1.807, 2.05) is 0 Å². The van der Waals surface area contributed by atoms with E-state index in [0.29, 0.717) is 5.75 Å². The monoisotopic (exact) mass is 413 g/mol. The first-order chi connectivity index (χ1) is 12.7. The van der Waals surface area contributed by atoms with E-state index in [1.165, 1.54) is 44.6 Å². The minimum Gasteiger partial charge on any atom is -0.496 e. The van der Waals surface area contributed by atoms with E-state index < -0.39 is 28.4 Å². The first kappa shape index (κ1) is 20.7. The minimum atomic E-state index is -4.03. The molecule has 0 spiro atoms. The number of primary sulfonamides is 1. The summed E-state index contributed by atoms with van der Waals surface area (Å²) in [7, 11) is -1.29. The third kappa shape index (κ3) is 4.97. The number of methoxy groups -OCH3 is 2. The highest BCUT2D eigenvalue weighted by atomic mass is 35.5. The Morgan fingerprint density at radius 1 is 1.04 bits per heavy atom. The van der Waals surface area contributed by atoms with Gasteiger partial charge in [-0.25, -0.2) is 18.4 Å². The van der Waals surface area contributed by atoms with Crippen LogP contribution in [-0.2, 0) is 14.8 Å². The topological polar surface area (TPSA) is 122 Å². The SMILES string of the molecule is COc1ccc(C(=O)COC(=O)c2cc(S(N)(=O)=O)ccc2OC)cc1Cl. The van der Waals surface area contributed by atoms with Crippen molar-refractivity contribution in [2.75, 3.05) is 20.8 Å². The van der Waals surface area contributed by atoms with Crippen molar-refractivity contribution in [3.05, 3.63) is 52.5 Å². The Kier molecular flexibility index (Phi) is 6.42. The Morgan fingerprint density at radius 2 is 1.67 bits per heavy atom. The van der Waals surface area contributed by atoms with E-state index >= 15 is 0 Å². The molecule has 0 aliphatic heterocycles. The molecule has 2 N–H and O–H groups in total. The zero-order valence-corrected chi connectivity index (χ0v) is 16.0. The normalized spacial score (nSPS) is 11.0. The van der Waals surface area contributed by atoms with Gasteiger partial charge in [0.25, 0.3) is 0 Å². The van der Waals surface area contributed by atoms with E-state index in [4.69, 9.17) is 31.0 Å². The molecule has 0 saturated heterocycles. The summed E-state index contributed by atoms with van der Waals surface area (Å²) in [5.41, 5.74) is 0.0449. The number of benzene rings is 2. The third-order valence-corrected chi connectivity index (χ3v) is 4.73. The van der Waals surface area contributed by atoms with Crippen LogP contribution in [0.15, 0.2) is 41.3 Å². The van der Waals surface area contributed by atoms with Gasteiger partial charge < -0.3 is 14.2 Å². The van der Waals surface area contributed by atoms with Crippen LogP contribution in [0.2, 0.25) is 5.02 Å². The molecule has 8 nitrogen and oxygen atoms in total. The Hall–Kier alpha value is -2.62. The molecule has 0 fully saturated rings. The number of nitrogens with two attached hydrogens (primary N) is 1. The molecule has 144 valence electrons. The standard InChI is InChI=1S/C17H16ClNO7S/c1-24-15-6-4-11(27(19,22)23)8-12(15)17(21)26-9-14(20)10-3-5-16(25-2)13(18)7-10/h3-8H,9H2,1-2H3,(H2,19,22,23). The second-order valence-corrected chi connectivity index (χ2v) is 7.22. The van der Waals surface area contributed by atoms with Crippen LogP contribution < -0.4 is 14.6 Å². The number of esters is 1. The van der Waals surface area contributed by atoms with Crippen LogP contribution in [0.5, 0.6) is 11.5 Å². The molecular weight excluding hydrogens is 398 g/mol. The van der Waals surface area contributed by atoms with Crippen LogP contribution in [0.25, 0.3) is 0 Å². The lowest BCUT2D eigenvalue weighted by Gasteiger charge is -2.10. The molecule has 0 aromatic heterocycles. The maximum Gasteiger partial charge on any atom is 0.342 e. The van der Waals surface area contributed by atoms with Crippen molar-refractivity contribution in [3.8, 4) is 11.5 Å². The fraction of sp³-hybridized carbons (Fsp3) is 0.176. The lowest BCUT2D eigenvalue weighted by molar-refractivity contribution is 0.0471. The number of ketones is 1. The number of carbonyl (C=O) groups excluding carboxylic acids is 2. The number of carbonyl (C=O) groups is 2. The largest absolute Gasteiger partial charge is 0.496 e. The smallest absolute Gasteiger partial charge is 0.342 e. The summed E-state index contributed by atoms with van der Waals surface area (Å²) in [5.74, 6) is -0.970. The fourth-order valence-corrected chi connectivity index (χ4v) is 2.95.